The maximum Gasteiger partial charge on any atom is 0.243 e. The minimum Gasteiger partial charge on any atom is -0.489 e. The van der Waals surface area contributed by atoms with E-state index in [-0.39, 0.29) is 24.1 Å². The van der Waals surface area contributed by atoms with Crippen LogP contribution in [0.4, 0.5) is 4.39 Å². The van der Waals surface area contributed by atoms with Crippen LogP contribution in [0.2, 0.25) is 0 Å². The summed E-state index contributed by atoms with van der Waals surface area (Å²) in [7, 11) is 0. The van der Waals surface area contributed by atoms with Gasteiger partial charge in [0, 0.05) is 0 Å². The molecule has 2 rings (SSSR count). The lowest BCUT2D eigenvalue weighted by molar-refractivity contribution is -0.116. The molecule has 4 heteroatoms. The minimum atomic E-state index is -0.317. The van der Waals surface area contributed by atoms with Crippen LogP contribution in [0.15, 0.2) is 30.9 Å². The summed E-state index contributed by atoms with van der Waals surface area (Å²) < 4.78 is 19.7. The molecule has 1 amide bonds. The molecule has 1 aliphatic carbocycles. The summed E-state index contributed by atoms with van der Waals surface area (Å²) in [4.78, 5) is 11.0. The number of carbonyl (C=O) groups is 1. The number of unbranched alkanes of at least 4 members (excludes halogenated alkanes) is 2. The fourth-order valence-electron chi connectivity index (χ4n) is 3.76. The first-order chi connectivity index (χ1) is 12.6. The minimum absolute atomic E-state index is 0.235. The molecule has 3 nitrogen and oxygen atoms in total. The van der Waals surface area contributed by atoms with E-state index in [1.165, 1.54) is 44.6 Å². The third-order valence-electron chi connectivity index (χ3n) is 5.33. The molecule has 0 radical (unpaired) electrons. The lowest BCUT2D eigenvalue weighted by Gasteiger charge is -2.29. The largest absolute Gasteiger partial charge is 0.489 e. The van der Waals surface area contributed by atoms with Crippen LogP contribution in [-0.4, -0.2) is 19.1 Å². The third kappa shape index (κ3) is 6.47. The van der Waals surface area contributed by atoms with E-state index in [0.717, 1.165) is 24.3 Å². The van der Waals surface area contributed by atoms with E-state index >= 15 is 0 Å². The monoisotopic (exact) mass is 361 g/mol. The number of halogens is 1. The van der Waals surface area contributed by atoms with Crippen LogP contribution in [-0.2, 0) is 4.79 Å². The lowest BCUT2D eigenvalue weighted by Crippen LogP contribution is -2.26. The molecule has 1 aromatic rings. The Balaban J connectivity index is 1.78. The van der Waals surface area contributed by atoms with E-state index in [4.69, 9.17) is 4.74 Å². The first kappa shape index (κ1) is 20.5. The number of hydrogen-bond acceptors (Lipinski definition) is 2. The number of nitrogens with one attached hydrogen (secondary N) is 1. The van der Waals surface area contributed by atoms with Crippen molar-refractivity contribution in [3.63, 3.8) is 0 Å². The molecule has 1 saturated carbocycles. The van der Waals surface area contributed by atoms with Gasteiger partial charge in [-0.05, 0) is 61.3 Å². The molecule has 0 aromatic heterocycles. The highest BCUT2D eigenvalue weighted by Crippen LogP contribution is 2.38. The van der Waals surface area contributed by atoms with Gasteiger partial charge in [-0.3, -0.25) is 4.79 Å². The van der Waals surface area contributed by atoms with E-state index in [0.29, 0.717) is 12.5 Å². The van der Waals surface area contributed by atoms with Gasteiger partial charge in [-0.1, -0.05) is 45.3 Å². The summed E-state index contributed by atoms with van der Waals surface area (Å²) in [5, 5.41) is 2.60. The normalized spacial score (nSPS) is 19.8. The second-order valence-electron chi connectivity index (χ2n) is 7.25. The van der Waals surface area contributed by atoms with E-state index < -0.39 is 0 Å². The molecule has 0 bridgehead atoms. The summed E-state index contributed by atoms with van der Waals surface area (Å²) in [5.41, 5.74) is 1.09. The Morgan fingerprint density at radius 1 is 1.31 bits per heavy atom. The molecular weight excluding hydrogens is 329 g/mol. The molecule has 0 atom stereocenters. The number of rotatable bonds is 10. The summed E-state index contributed by atoms with van der Waals surface area (Å²) >= 11 is 0. The Morgan fingerprint density at radius 3 is 2.73 bits per heavy atom. The standard InChI is InChI=1S/C22H32FNO2/c1-3-5-6-7-17-8-10-18(11-9-17)19-12-13-21(20(23)16-19)26-15-14-24-22(25)4-2/h4,12-13,16-18H,2-3,5-11,14-15H2,1H3,(H,24,25). The van der Waals surface area contributed by atoms with Crippen molar-refractivity contribution in [3.8, 4) is 5.75 Å². The van der Waals surface area contributed by atoms with Gasteiger partial charge in [-0.25, -0.2) is 4.39 Å². The molecule has 1 aliphatic rings. The molecule has 0 unspecified atom stereocenters. The topological polar surface area (TPSA) is 38.3 Å². The van der Waals surface area contributed by atoms with E-state index in [1.54, 1.807) is 12.1 Å². The average molecular weight is 362 g/mol. The molecule has 1 aromatic carbocycles. The van der Waals surface area contributed by atoms with Crippen molar-refractivity contribution in [3.05, 3.63) is 42.2 Å². The number of benzene rings is 1. The molecule has 1 N–H and O–H groups in total. The van der Waals surface area contributed by atoms with Crippen molar-refractivity contribution < 1.29 is 13.9 Å². The molecule has 0 spiro atoms. The molecule has 0 heterocycles. The van der Waals surface area contributed by atoms with Crippen molar-refractivity contribution in [2.24, 2.45) is 5.92 Å². The molecule has 0 aliphatic heterocycles. The number of ether oxygens (including phenoxy) is 1. The van der Waals surface area contributed by atoms with Crippen LogP contribution in [0.5, 0.6) is 5.75 Å². The highest BCUT2D eigenvalue weighted by molar-refractivity contribution is 5.86. The zero-order valence-corrected chi connectivity index (χ0v) is 15.9. The average Bonchev–Trinajstić information content (AvgIpc) is 2.66. The summed E-state index contributed by atoms with van der Waals surface area (Å²) in [6.07, 6.45) is 11.4. The van der Waals surface area contributed by atoms with Gasteiger partial charge in [0.1, 0.15) is 6.61 Å². The predicted octanol–water partition coefficient (Wildman–Crippen LogP) is 5.36. The summed E-state index contributed by atoms with van der Waals surface area (Å²) in [6, 6.07) is 5.33. The molecule has 1 fully saturated rings. The smallest absolute Gasteiger partial charge is 0.243 e. The second-order valence-corrected chi connectivity index (χ2v) is 7.25. The third-order valence-corrected chi connectivity index (χ3v) is 5.33. The Kier molecular flexibility index (Phi) is 8.66. The van der Waals surface area contributed by atoms with Crippen molar-refractivity contribution >= 4 is 5.91 Å². The fourth-order valence-corrected chi connectivity index (χ4v) is 3.76. The van der Waals surface area contributed by atoms with E-state index in [9.17, 15) is 9.18 Å². The van der Waals surface area contributed by atoms with Crippen LogP contribution in [0.25, 0.3) is 0 Å². The maximum atomic E-state index is 14.3. The highest BCUT2D eigenvalue weighted by atomic mass is 19.1. The molecule has 0 saturated heterocycles. The zero-order chi connectivity index (χ0) is 18.8. The van der Waals surface area contributed by atoms with Crippen molar-refractivity contribution in [1.82, 2.24) is 5.32 Å². The Bertz CT molecular complexity index is 580. The van der Waals surface area contributed by atoms with E-state index in [1.807, 2.05) is 6.07 Å². The van der Waals surface area contributed by atoms with Crippen LogP contribution in [0.3, 0.4) is 0 Å². The van der Waals surface area contributed by atoms with Crippen molar-refractivity contribution in [1.29, 1.82) is 0 Å². The molecule has 26 heavy (non-hydrogen) atoms. The van der Waals surface area contributed by atoms with Gasteiger partial charge in [-0.2, -0.15) is 0 Å². The number of carbonyl (C=O) groups excluding carboxylic acids is 1. The van der Waals surface area contributed by atoms with Gasteiger partial charge in [0.25, 0.3) is 0 Å². The zero-order valence-electron chi connectivity index (χ0n) is 15.9. The number of amides is 1. The predicted molar refractivity (Wildman–Crippen MR) is 104 cm³/mol. The summed E-state index contributed by atoms with van der Waals surface area (Å²) in [5.74, 6) is 0.996. The Morgan fingerprint density at radius 2 is 2.08 bits per heavy atom. The quantitative estimate of drug-likeness (QED) is 0.450. The van der Waals surface area contributed by atoms with Crippen LogP contribution >= 0.6 is 0 Å². The van der Waals surface area contributed by atoms with Crippen LogP contribution < -0.4 is 10.1 Å². The Hall–Kier alpha value is -1.84. The van der Waals surface area contributed by atoms with Crippen LogP contribution in [0.1, 0.15) is 69.8 Å². The Labute approximate surface area is 157 Å². The fraction of sp³-hybridized carbons (Fsp3) is 0.591. The molecule has 144 valence electrons. The van der Waals surface area contributed by atoms with Crippen molar-refractivity contribution in [2.45, 2.75) is 64.2 Å². The van der Waals surface area contributed by atoms with Gasteiger partial charge >= 0.3 is 0 Å². The van der Waals surface area contributed by atoms with E-state index in [2.05, 4.69) is 18.8 Å². The SMILES string of the molecule is C=CC(=O)NCCOc1ccc(C2CCC(CCCCC)CC2)cc1F. The second kappa shape index (κ2) is 11.0. The lowest BCUT2D eigenvalue weighted by atomic mass is 9.77. The number of hydrogen-bond donors (Lipinski definition) is 1. The van der Waals surface area contributed by atoms with Crippen LogP contribution in [0, 0.1) is 11.7 Å². The van der Waals surface area contributed by atoms with Gasteiger partial charge < -0.3 is 10.1 Å². The maximum absolute atomic E-state index is 14.3. The van der Waals surface area contributed by atoms with Gasteiger partial charge in [0.2, 0.25) is 5.91 Å². The van der Waals surface area contributed by atoms with Crippen molar-refractivity contribution in [2.75, 3.05) is 13.2 Å². The summed E-state index contributed by atoms with van der Waals surface area (Å²) in [6.45, 7) is 6.18. The van der Waals surface area contributed by atoms with Gasteiger partial charge in [0.15, 0.2) is 11.6 Å². The first-order valence-electron chi connectivity index (χ1n) is 9.96. The van der Waals surface area contributed by atoms with Gasteiger partial charge in [-0.15, -0.1) is 0 Å². The first-order valence-corrected chi connectivity index (χ1v) is 9.96. The highest BCUT2D eigenvalue weighted by Gasteiger charge is 2.22. The van der Waals surface area contributed by atoms with Gasteiger partial charge in [0.05, 0.1) is 6.54 Å². The molecular formula is C22H32FNO2.